The first-order chi connectivity index (χ1) is 7.22. The van der Waals surface area contributed by atoms with E-state index in [1.54, 1.807) is 0 Å². The third-order valence-electron chi connectivity index (χ3n) is 2.15. The van der Waals surface area contributed by atoms with Crippen LogP contribution in [0.15, 0.2) is 0 Å². The molecular weight excluding hydrogens is 259 g/mol. The van der Waals surface area contributed by atoms with Gasteiger partial charge >= 0.3 is 95.0 Å². The van der Waals surface area contributed by atoms with Gasteiger partial charge in [0.1, 0.15) is 0 Å². The van der Waals surface area contributed by atoms with E-state index < -0.39 is 14.6 Å². The van der Waals surface area contributed by atoms with Crippen molar-refractivity contribution in [2.45, 2.75) is 13.8 Å². The summed E-state index contributed by atoms with van der Waals surface area (Å²) in [6.07, 6.45) is 0. The predicted molar refractivity (Wildman–Crippen MR) is 58.4 cm³/mol. The molecule has 0 aromatic heterocycles. The molecule has 90 valence electrons. The van der Waals surface area contributed by atoms with Crippen LogP contribution in [0.2, 0.25) is 0 Å². The van der Waals surface area contributed by atoms with Crippen molar-refractivity contribution in [1.82, 2.24) is 4.90 Å². The topological polar surface area (TPSA) is 40.2 Å². The maximum atomic E-state index is 5.70. The molecule has 1 saturated heterocycles. The molecule has 0 aromatic carbocycles. The minimum atomic E-state index is -3.36. The number of hydrogen-bond acceptors (Lipinski definition) is 5. The Bertz CT molecular complexity index is 163. The van der Waals surface area contributed by atoms with Gasteiger partial charge in [-0.15, -0.1) is 0 Å². The molecule has 6 heteroatoms. The van der Waals surface area contributed by atoms with E-state index in [1.807, 2.05) is 20.9 Å². The standard InChI is InChI=1S/C9H21GeNO4/c1-4-12-10(13-5-2)14-8-6-11(3)7-9-15-10/h4-9H2,1-3H3. The maximum absolute atomic E-state index is 5.70. The Kier molecular flexibility index (Phi) is 6.10. The second kappa shape index (κ2) is 6.82. The zero-order valence-electron chi connectivity index (χ0n) is 9.82. The average Bonchev–Trinajstić information content (AvgIpc) is 2.16. The van der Waals surface area contributed by atoms with Crippen molar-refractivity contribution in [2.24, 2.45) is 0 Å². The first-order valence-electron chi connectivity index (χ1n) is 5.47. The number of nitrogens with zero attached hydrogens (tertiary/aromatic N) is 1. The van der Waals surface area contributed by atoms with Gasteiger partial charge in [-0.3, -0.25) is 0 Å². The third kappa shape index (κ3) is 4.38. The van der Waals surface area contributed by atoms with Crippen LogP contribution in [0.4, 0.5) is 0 Å². The fourth-order valence-electron chi connectivity index (χ4n) is 1.37. The molecule has 0 spiro atoms. The molecule has 15 heavy (non-hydrogen) atoms. The van der Waals surface area contributed by atoms with E-state index in [0.717, 1.165) is 13.1 Å². The van der Waals surface area contributed by atoms with Gasteiger partial charge in [-0.2, -0.15) is 0 Å². The van der Waals surface area contributed by atoms with E-state index in [-0.39, 0.29) is 0 Å². The van der Waals surface area contributed by atoms with E-state index in [0.29, 0.717) is 26.4 Å². The summed E-state index contributed by atoms with van der Waals surface area (Å²) in [4.78, 5) is 2.17. The summed E-state index contributed by atoms with van der Waals surface area (Å²) >= 11 is -3.36. The summed E-state index contributed by atoms with van der Waals surface area (Å²) in [7, 11) is 2.05. The van der Waals surface area contributed by atoms with Gasteiger partial charge in [0.15, 0.2) is 0 Å². The van der Waals surface area contributed by atoms with Crippen molar-refractivity contribution in [3.8, 4) is 0 Å². The second-order valence-electron chi connectivity index (χ2n) is 3.37. The Hall–Kier alpha value is 0.343. The van der Waals surface area contributed by atoms with Gasteiger partial charge in [0, 0.05) is 0 Å². The van der Waals surface area contributed by atoms with Gasteiger partial charge in [-0.1, -0.05) is 0 Å². The van der Waals surface area contributed by atoms with Crippen molar-refractivity contribution in [3.63, 3.8) is 0 Å². The Balaban J connectivity index is 2.52. The van der Waals surface area contributed by atoms with Crippen LogP contribution in [0.1, 0.15) is 13.8 Å². The van der Waals surface area contributed by atoms with E-state index in [4.69, 9.17) is 15.1 Å². The Morgan fingerprint density at radius 3 is 1.93 bits per heavy atom. The monoisotopic (exact) mass is 281 g/mol. The van der Waals surface area contributed by atoms with Crippen LogP contribution in [0.25, 0.3) is 0 Å². The Morgan fingerprint density at radius 1 is 1.07 bits per heavy atom. The van der Waals surface area contributed by atoms with Gasteiger partial charge in [-0.25, -0.2) is 0 Å². The van der Waals surface area contributed by atoms with E-state index in [1.165, 1.54) is 0 Å². The quantitative estimate of drug-likeness (QED) is 0.700. The van der Waals surface area contributed by atoms with Gasteiger partial charge in [-0.05, 0) is 0 Å². The number of rotatable bonds is 4. The third-order valence-corrected chi connectivity index (χ3v) is 7.18. The van der Waals surface area contributed by atoms with Crippen LogP contribution < -0.4 is 0 Å². The van der Waals surface area contributed by atoms with Crippen LogP contribution in [-0.4, -0.2) is 66.1 Å². The molecule has 0 aromatic rings. The van der Waals surface area contributed by atoms with Gasteiger partial charge < -0.3 is 0 Å². The van der Waals surface area contributed by atoms with Crippen molar-refractivity contribution in [1.29, 1.82) is 0 Å². The fraction of sp³-hybridized carbons (Fsp3) is 1.00. The molecular formula is C9H21GeNO4. The molecule has 1 aliphatic heterocycles. The summed E-state index contributed by atoms with van der Waals surface area (Å²) in [5.41, 5.74) is 0. The van der Waals surface area contributed by atoms with Gasteiger partial charge in [0.05, 0.1) is 0 Å². The summed E-state index contributed by atoms with van der Waals surface area (Å²) in [6, 6.07) is 0. The van der Waals surface area contributed by atoms with Gasteiger partial charge in [0.2, 0.25) is 0 Å². The molecule has 1 heterocycles. The second-order valence-corrected chi connectivity index (χ2v) is 7.89. The van der Waals surface area contributed by atoms with E-state index in [9.17, 15) is 0 Å². The van der Waals surface area contributed by atoms with Crippen LogP contribution in [0, 0.1) is 0 Å². The summed E-state index contributed by atoms with van der Waals surface area (Å²) < 4.78 is 22.6. The molecule has 0 radical (unpaired) electrons. The van der Waals surface area contributed by atoms with Crippen LogP contribution in [0.3, 0.4) is 0 Å². The van der Waals surface area contributed by atoms with Crippen molar-refractivity contribution < 1.29 is 15.1 Å². The van der Waals surface area contributed by atoms with Crippen molar-refractivity contribution in [2.75, 3.05) is 46.6 Å². The SMILES string of the molecule is CC[O][Ge]1([O]CC)[O]CCN(C)CC[O]1. The number of likely N-dealkylation sites (N-methyl/N-ethyl adjacent to an activating group) is 1. The van der Waals surface area contributed by atoms with E-state index in [2.05, 4.69) is 4.90 Å². The first-order valence-corrected chi connectivity index (χ1v) is 8.89. The molecule has 0 unspecified atom stereocenters. The molecule has 0 saturated carbocycles. The zero-order valence-corrected chi connectivity index (χ0v) is 11.9. The van der Waals surface area contributed by atoms with Crippen LogP contribution >= 0.6 is 0 Å². The van der Waals surface area contributed by atoms with E-state index >= 15 is 0 Å². The Morgan fingerprint density at radius 2 is 1.53 bits per heavy atom. The molecule has 0 bridgehead atoms. The molecule has 1 rings (SSSR count). The first kappa shape index (κ1) is 13.4. The molecule has 5 nitrogen and oxygen atoms in total. The van der Waals surface area contributed by atoms with Crippen LogP contribution in [0.5, 0.6) is 0 Å². The molecule has 0 N–H and O–H groups in total. The van der Waals surface area contributed by atoms with Crippen LogP contribution in [-0.2, 0) is 15.1 Å². The minimum absolute atomic E-state index is 0.579. The summed E-state index contributed by atoms with van der Waals surface area (Å²) in [5.74, 6) is 0. The van der Waals surface area contributed by atoms with Crippen molar-refractivity contribution in [3.05, 3.63) is 0 Å². The Labute approximate surface area is 95.3 Å². The summed E-state index contributed by atoms with van der Waals surface area (Å²) in [6.45, 7) is 8.07. The molecule has 0 atom stereocenters. The summed E-state index contributed by atoms with van der Waals surface area (Å²) in [5, 5.41) is 0. The molecule has 0 amide bonds. The van der Waals surface area contributed by atoms with Gasteiger partial charge in [0.25, 0.3) is 0 Å². The molecule has 0 aliphatic carbocycles. The number of hydrogen-bond donors (Lipinski definition) is 0. The molecule has 1 aliphatic rings. The predicted octanol–water partition coefficient (Wildman–Crippen LogP) is 0.474. The fourth-order valence-corrected chi connectivity index (χ4v) is 5.33. The molecule has 1 fully saturated rings. The van der Waals surface area contributed by atoms with Crippen molar-refractivity contribution >= 4 is 14.6 Å². The zero-order chi connectivity index (χ0) is 11.1. The normalized spacial score (nSPS) is 23.4. The average molecular weight is 280 g/mol.